The number of amides is 2. The second-order valence-electron chi connectivity index (χ2n) is 9.32. The number of carbonyl (C=O) groups is 2. The average molecular weight is 696 g/mol. The van der Waals surface area contributed by atoms with Crippen molar-refractivity contribution in [2.45, 2.75) is 25.7 Å². The van der Waals surface area contributed by atoms with Gasteiger partial charge in [0.15, 0.2) is 17.4 Å². The number of nitrogens with zero attached hydrogens (tertiary/aromatic N) is 4. The SMILES string of the molecule is CC.CCOC(=O)N1CCN(CCS(=O)N(C)CCN(CC(=O)NO)S(=O)c2cc(F)c(Oc3ccc(Cl)cc3)c(F)c2)CC1. The van der Waals surface area contributed by atoms with E-state index in [4.69, 9.17) is 26.3 Å². The number of hydrogen-bond acceptors (Lipinski definition) is 8. The molecule has 2 unspecified atom stereocenters. The standard InChI is InChI=1S/C26H34ClF2N5O7S2.C2H6/c1-3-40-26(36)33-11-9-32(10-12-33)14-15-42(38)31(2)8-13-34(18-24(35)30-37)43(39)21-16-22(28)25(23(29)17-21)41-20-6-4-19(27)5-7-20;1-2/h4-7,16-17,37H,3,8-15,18H2,1-2H3,(H,30,35);1-2H3. The van der Waals surface area contributed by atoms with Crippen LogP contribution in [0.2, 0.25) is 5.02 Å². The van der Waals surface area contributed by atoms with Crippen LogP contribution in [0.5, 0.6) is 11.5 Å². The summed E-state index contributed by atoms with van der Waals surface area (Å²) in [4.78, 5) is 27.2. The molecular formula is C28H40ClF2N5O7S2. The van der Waals surface area contributed by atoms with E-state index in [2.05, 4.69) is 4.90 Å². The lowest BCUT2D eigenvalue weighted by atomic mass is 10.3. The molecule has 0 saturated carbocycles. The predicted molar refractivity (Wildman–Crippen MR) is 168 cm³/mol. The Balaban J connectivity index is 0.00000345. The molecule has 0 aliphatic carbocycles. The third-order valence-corrected chi connectivity index (χ3v) is 9.46. The van der Waals surface area contributed by atoms with Gasteiger partial charge in [-0.3, -0.25) is 14.9 Å². The normalized spacial score (nSPS) is 14.8. The molecule has 1 fully saturated rings. The number of nitrogens with one attached hydrogen (secondary N) is 1. The maximum atomic E-state index is 14.8. The highest BCUT2D eigenvalue weighted by atomic mass is 35.5. The Bertz CT molecular complexity index is 1280. The number of rotatable bonds is 14. The summed E-state index contributed by atoms with van der Waals surface area (Å²) in [5.74, 6) is -3.42. The molecule has 2 amide bonds. The number of hydroxylamine groups is 1. The lowest BCUT2D eigenvalue weighted by molar-refractivity contribution is -0.129. The van der Waals surface area contributed by atoms with Gasteiger partial charge in [0.05, 0.1) is 34.8 Å². The summed E-state index contributed by atoms with van der Waals surface area (Å²) in [5.41, 5.74) is 1.44. The summed E-state index contributed by atoms with van der Waals surface area (Å²) in [5, 5.41) is 9.40. The minimum atomic E-state index is -2.24. The number of hydrogen-bond donors (Lipinski definition) is 2. The molecule has 2 N–H and O–H groups in total. The third-order valence-electron chi connectivity index (χ3n) is 6.38. The van der Waals surface area contributed by atoms with Gasteiger partial charge in [0, 0.05) is 50.8 Å². The highest BCUT2D eigenvalue weighted by Crippen LogP contribution is 2.30. The summed E-state index contributed by atoms with van der Waals surface area (Å²) in [7, 11) is -2.09. The van der Waals surface area contributed by atoms with Gasteiger partial charge < -0.3 is 14.4 Å². The van der Waals surface area contributed by atoms with E-state index in [0.717, 1.165) is 16.4 Å². The zero-order valence-electron chi connectivity index (χ0n) is 25.7. The molecule has 2 atom stereocenters. The molecule has 2 aromatic rings. The molecule has 1 aliphatic rings. The number of ether oxygens (including phenoxy) is 2. The molecule has 0 radical (unpaired) electrons. The van der Waals surface area contributed by atoms with Crippen molar-refractivity contribution in [3.8, 4) is 11.5 Å². The quantitative estimate of drug-likeness (QED) is 0.226. The number of carbonyl (C=O) groups excluding carboxylic acids is 2. The predicted octanol–water partition coefficient (Wildman–Crippen LogP) is 3.64. The van der Waals surface area contributed by atoms with Crippen molar-refractivity contribution in [3.63, 3.8) is 0 Å². The Labute approximate surface area is 272 Å². The van der Waals surface area contributed by atoms with Crippen molar-refractivity contribution in [2.24, 2.45) is 0 Å². The lowest BCUT2D eigenvalue weighted by Crippen LogP contribution is -2.50. The Morgan fingerprint density at radius 3 is 2.20 bits per heavy atom. The fraction of sp³-hybridized carbons (Fsp3) is 0.500. The molecule has 12 nitrogen and oxygen atoms in total. The van der Waals surface area contributed by atoms with Gasteiger partial charge in [-0.15, -0.1) is 0 Å². The summed E-state index contributed by atoms with van der Waals surface area (Å²) in [6.45, 7) is 8.21. The maximum Gasteiger partial charge on any atom is 0.409 e. The van der Waals surface area contributed by atoms with Crippen LogP contribution in [0, 0.1) is 11.6 Å². The van der Waals surface area contributed by atoms with Gasteiger partial charge in [-0.25, -0.2) is 36.1 Å². The van der Waals surface area contributed by atoms with E-state index in [9.17, 15) is 26.8 Å². The largest absolute Gasteiger partial charge is 0.451 e. The first-order valence-corrected chi connectivity index (χ1v) is 17.0. The monoisotopic (exact) mass is 695 g/mol. The fourth-order valence-corrected chi connectivity index (χ4v) is 6.33. The van der Waals surface area contributed by atoms with Gasteiger partial charge in [-0.2, -0.15) is 0 Å². The molecule has 252 valence electrons. The highest BCUT2D eigenvalue weighted by Gasteiger charge is 2.25. The van der Waals surface area contributed by atoms with Gasteiger partial charge in [-0.1, -0.05) is 25.4 Å². The molecule has 3 rings (SSSR count). The van der Waals surface area contributed by atoms with Crippen LogP contribution in [0.1, 0.15) is 20.8 Å². The number of piperazine rings is 1. The maximum absolute atomic E-state index is 14.8. The minimum absolute atomic E-state index is 0.0798. The molecule has 1 heterocycles. The Kier molecular flexibility index (Phi) is 16.8. The van der Waals surface area contributed by atoms with Crippen molar-refractivity contribution in [1.82, 2.24) is 23.9 Å². The van der Waals surface area contributed by atoms with Gasteiger partial charge in [-0.05, 0) is 50.4 Å². The van der Waals surface area contributed by atoms with E-state index >= 15 is 0 Å². The number of halogens is 3. The van der Waals surface area contributed by atoms with E-state index in [1.807, 2.05) is 13.8 Å². The first kappa shape index (κ1) is 38.5. The molecule has 0 bridgehead atoms. The van der Waals surface area contributed by atoms with Crippen LogP contribution >= 0.6 is 11.6 Å². The first-order valence-electron chi connectivity index (χ1n) is 14.3. The second-order valence-corrected chi connectivity index (χ2v) is 12.9. The zero-order valence-corrected chi connectivity index (χ0v) is 28.1. The summed E-state index contributed by atoms with van der Waals surface area (Å²) in [6.07, 6.45) is -0.352. The van der Waals surface area contributed by atoms with E-state index in [1.165, 1.54) is 34.1 Å². The molecule has 45 heavy (non-hydrogen) atoms. The topological polar surface area (TPSA) is 132 Å². The summed E-state index contributed by atoms with van der Waals surface area (Å²) < 4.78 is 68.7. The average Bonchev–Trinajstić information content (AvgIpc) is 3.04. The van der Waals surface area contributed by atoms with E-state index in [1.54, 1.807) is 18.9 Å². The van der Waals surface area contributed by atoms with Crippen molar-refractivity contribution in [2.75, 3.05) is 71.8 Å². The Hall–Kier alpha value is -2.73. The molecule has 2 aromatic carbocycles. The van der Waals surface area contributed by atoms with Crippen molar-refractivity contribution < 1.29 is 41.5 Å². The highest BCUT2D eigenvalue weighted by molar-refractivity contribution is 7.83. The second kappa shape index (κ2) is 19.7. The van der Waals surface area contributed by atoms with Crippen LogP contribution in [0.25, 0.3) is 0 Å². The lowest BCUT2D eigenvalue weighted by Gasteiger charge is -2.34. The smallest absolute Gasteiger partial charge is 0.409 e. The fourth-order valence-electron chi connectivity index (χ4n) is 4.01. The molecule has 0 aromatic heterocycles. The third kappa shape index (κ3) is 12.2. The van der Waals surface area contributed by atoms with Crippen LogP contribution in [0.4, 0.5) is 13.6 Å². The molecular weight excluding hydrogens is 656 g/mol. The number of likely N-dealkylation sites (N-methyl/N-ethyl adjacent to an activating group) is 1. The van der Waals surface area contributed by atoms with Gasteiger partial charge in [0.1, 0.15) is 16.7 Å². The van der Waals surface area contributed by atoms with Crippen LogP contribution < -0.4 is 10.2 Å². The van der Waals surface area contributed by atoms with Gasteiger partial charge in [0.2, 0.25) is 0 Å². The van der Waals surface area contributed by atoms with Crippen molar-refractivity contribution in [1.29, 1.82) is 0 Å². The summed E-state index contributed by atoms with van der Waals surface area (Å²) >= 11 is 5.82. The molecule has 1 aliphatic heterocycles. The van der Waals surface area contributed by atoms with Crippen LogP contribution in [0.3, 0.4) is 0 Å². The van der Waals surface area contributed by atoms with E-state index < -0.39 is 51.8 Å². The molecule has 17 heteroatoms. The first-order chi connectivity index (χ1) is 21.5. The molecule has 0 spiro atoms. The number of benzene rings is 2. The van der Waals surface area contributed by atoms with E-state index in [-0.39, 0.29) is 29.8 Å². The van der Waals surface area contributed by atoms with Crippen LogP contribution in [-0.4, -0.2) is 116 Å². The van der Waals surface area contributed by atoms with Crippen molar-refractivity contribution in [3.05, 3.63) is 53.1 Å². The Morgan fingerprint density at radius 2 is 1.64 bits per heavy atom. The Morgan fingerprint density at radius 1 is 1.04 bits per heavy atom. The van der Waals surface area contributed by atoms with Crippen LogP contribution in [0.15, 0.2) is 41.3 Å². The minimum Gasteiger partial charge on any atom is -0.451 e. The van der Waals surface area contributed by atoms with Gasteiger partial charge >= 0.3 is 6.09 Å². The summed E-state index contributed by atoms with van der Waals surface area (Å²) in [6, 6.07) is 7.48. The van der Waals surface area contributed by atoms with Crippen molar-refractivity contribution >= 4 is 45.6 Å². The zero-order chi connectivity index (χ0) is 33.5. The van der Waals surface area contributed by atoms with Crippen LogP contribution in [-0.2, 0) is 31.5 Å². The van der Waals surface area contributed by atoms with Gasteiger partial charge in [0.25, 0.3) is 5.91 Å². The van der Waals surface area contributed by atoms with E-state index in [0.29, 0.717) is 50.1 Å². The molecule has 1 saturated heterocycles.